The van der Waals surface area contributed by atoms with E-state index >= 15 is 0 Å². The van der Waals surface area contributed by atoms with E-state index in [2.05, 4.69) is 5.10 Å². The van der Waals surface area contributed by atoms with Crippen molar-refractivity contribution in [1.29, 1.82) is 0 Å². The SMILES string of the molecule is CC(C(=O)N1CCOCC1)n1nc2c(cc1=O)CCC2. The van der Waals surface area contributed by atoms with Gasteiger partial charge in [0.05, 0.1) is 18.9 Å². The Morgan fingerprint density at radius 2 is 2.10 bits per heavy atom. The second kappa shape index (κ2) is 5.36. The van der Waals surface area contributed by atoms with Crippen molar-refractivity contribution in [1.82, 2.24) is 14.7 Å². The van der Waals surface area contributed by atoms with Crippen molar-refractivity contribution in [3.8, 4) is 0 Å². The Morgan fingerprint density at radius 1 is 1.35 bits per heavy atom. The van der Waals surface area contributed by atoms with Gasteiger partial charge in [0.2, 0.25) is 5.91 Å². The Hall–Kier alpha value is -1.69. The van der Waals surface area contributed by atoms with Gasteiger partial charge in [-0.1, -0.05) is 0 Å². The molecule has 2 aliphatic rings. The van der Waals surface area contributed by atoms with Crippen LogP contribution in [0.3, 0.4) is 0 Å². The van der Waals surface area contributed by atoms with Gasteiger partial charge in [-0.2, -0.15) is 5.10 Å². The molecule has 1 atom stereocenters. The molecule has 1 saturated heterocycles. The summed E-state index contributed by atoms with van der Waals surface area (Å²) in [6, 6.07) is 1.09. The van der Waals surface area contributed by atoms with Crippen molar-refractivity contribution >= 4 is 5.91 Å². The van der Waals surface area contributed by atoms with Crippen LogP contribution in [0.4, 0.5) is 0 Å². The number of rotatable bonds is 2. The second-order valence-corrected chi connectivity index (χ2v) is 5.37. The summed E-state index contributed by atoms with van der Waals surface area (Å²) >= 11 is 0. The van der Waals surface area contributed by atoms with Crippen LogP contribution >= 0.6 is 0 Å². The maximum absolute atomic E-state index is 12.4. The molecule has 1 aliphatic heterocycles. The minimum absolute atomic E-state index is 0.0548. The summed E-state index contributed by atoms with van der Waals surface area (Å²) in [4.78, 5) is 26.3. The number of carbonyl (C=O) groups excluding carboxylic acids is 1. The number of aromatic nitrogens is 2. The van der Waals surface area contributed by atoms with Crippen LogP contribution in [-0.4, -0.2) is 46.9 Å². The Kier molecular flexibility index (Phi) is 3.56. The zero-order valence-electron chi connectivity index (χ0n) is 11.7. The fourth-order valence-corrected chi connectivity index (χ4v) is 2.85. The summed E-state index contributed by atoms with van der Waals surface area (Å²) < 4.78 is 6.58. The van der Waals surface area contributed by atoms with Crippen molar-refractivity contribution in [3.63, 3.8) is 0 Å². The van der Waals surface area contributed by atoms with E-state index in [4.69, 9.17) is 4.74 Å². The summed E-state index contributed by atoms with van der Waals surface area (Å²) in [6.45, 7) is 4.04. The number of aryl methyl sites for hydroxylation is 2. The molecule has 0 spiro atoms. The van der Waals surface area contributed by atoms with Crippen LogP contribution in [0.5, 0.6) is 0 Å². The summed E-state index contributed by atoms with van der Waals surface area (Å²) in [5.74, 6) is -0.0548. The van der Waals surface area contributed by atoms with Crippen LogP contribution in [0, 0.1) is 0 Å². The molecule has 1 amide bonds. The van der Waals surface area contributed by atoms with Crippen LogP contribution in [0.25, 0.3) is 0 Å². The third-order valence-electron chi connectivity index (χ3n) is 4.03. The average Bonchev–Trinajstić information content (AvgIpc) is 2.93. The highest BCUT2D eigenvalue weighted by Crippen LogP contribution is 2.18. The largest absolute Gasteiger partial charge is 0.378 e. The summed E-state index contributed by atoms with van der Waals surface area (Å²) in [7, 11) is 0. The molecule has 20 heavy (non-hydrogen) atoms. The standard InChI is InChI=1S/C14H19N3O3/c1-10(14(19)16-5-7-20-8-6-16)17-13(18)9-11-3-2-4-12(11)15-17/h9-10H,2-8H2,1H3. The maximum Gasteiger partial charge on any atom is 0.267 e. The number of fused-ring (bicyclic) bond motifs is 1. The van der Waals surface area contributed by atoms with Crippen molar-refractivity contribution in [2.75, 3.05) is 26.3 Å². The highest BCUT2D eigenvalue weighted by atomic mass is 16.5. The van der Waals surface area contributed by atoms with Crippen LogP contribution in [-0.2, 0) is 22.4 Å². The molecule has 0 radical (unpaired) electrons. The minimum atomic E-state index is -0.550. The van der Waals surface area contributed by atoms with E-state index in [1.807, 2.05) is 0 Å². The molecule has 1 unspecified atom stereocenters. The normalized spacial score (nSPS) is 19.8. The first-order chi connectivity index (χ1) is 9.66. The molecule has 2 heterocycles. The smallest absolute Gasteiger partial charge is 0.267 e. The molecule has 6 nitrogen and oxygen atoms in total. The lowest BCUT2D eigenvalue weighted by Gasteiger charge is -2.29. The lowest BCUT2D eigenvalue weighted by Crippen LogP contribution is -2.45. The number of hydrogen-bond donors (Lipinski definition) is 0. The average molecular weight is 277 g/mol. The number of morpholine rings is 1. The van der Waals surface area contributed by atoms with Gasteiger partial charge in [0, 0.05) is 19.2 Å². The molecule has 6 heteroatoms. The van der Waals surface area contributed by atoms with Gasteiger partial charge in [0.15, 0.2) is 0 Å². The van der Waals surface area contributed by atoms with Gasteiger partial charge in [-0.25, -0.2) is 4.68 Å². The Morgan fingerprint density at radius 3 is 2.85 bits per heavy atom. The molecule has 0 saturated carbocycles. The zero-order chi connectivity index (χ0) is 14.1. The van der Waals surface area contributed by atoms with Gasteiger partial charge < -0.3 is 9.64 Å². The predicted molar refractivity (Wildman–Crippen MR) is 72.6 cm³/mol. The van der Waals surface area contributed by atoms with E-state index in [1.54, 1.807) is 17.9 Å². The molecular formula is C14H19N3O3. The summed E-state index contributed by atoms with van der Waals surface area (Å²) in [5.41, 5.74) is 1.82. The molecule has 3 rings (SSSR count). The quantitative estimate of drug-likeness (QED) is 0.772. The van der Waals surface area contributed by atoms with Gasteiger partial charge in [-0.15, -0.1) is 0 Å². The van der Waals surface area contributed by atoms with Crippen LogP contribution < -0.4 is 5.56 Å². The monoisotopic (exact) mass is 277 g/mol. The highest BCUT2D eigenvalue weighted by molar-refractivity contribution is 5.80. The molecule has 1 aliphatic carbocycles. The fourth-order valence-electron chi connectivity index (χ4n) is 2.85. The lowest BCUT2D eigenvalue weighted by molar-refractivity contribution is -0.138. The number of ether oxygens (including phenoxy) is 1. The van der Waals surface area contributed by atoms with E-state index in [1.165, 1.54) is 4.68 Å². The molecule has 0 bridgehead atoms. The van der Waals surface area contributed by atoms with E-state index in [-0.39, 0.29) is 11.5 Å². The van der Waals surface area contributed by atoms with Crippen LogP contribution in [0.1, 0.15) is 30.6 Å². The lowest BCUT2D eigenvalue weighted by atomic mass is 10.2. The van der Waals surface area contributed by atoms with Crippen molar-refractivity contribution < 1.29 is 9.53 Å². The molecule has 1 fully saturated rings. The number of nitrogens with zero attached hydrogens (tertiary/aromatic N) is 3. The number of hydrogen-bond acceptors (Lipinski definition) is 4. The van der Waals surface area contributed by atoms with E-state index in [0.29, 0.717) is 26.3 Å². The highest BCUT2D eigenvalue weighted by Gasteiger charge is 2.26. The topological polar surface area (TPSA) is 64.4 Å². The van der Waals surface area contributed by atoms with Gasteiger partial charge in [0.1, 0.15) is 6.04 Å². The molecule has 1 aromatic rings. The Labute approximate surface area is 117 Å². The third kappa shape index (κ3) is 2.35. The Balaban J connectivity index is 1.84. The molecule has 1 aromatic heterocycles. The zero-order valence-corrected chi connectivity index (χ0v) is 11.7. The number of carbonyl (C=O) groups is 1. The summed E-state index contributed by atoms with van der Waals surface area (Å²) in [6.07, 6.45) is 2.86. The fraction of sp³-hybridized carbons (Fsp3) is 0.643. The van der Waals surface area contributed by atoms with Crippen LogP contribution in [0.15, 0.2) is 10.9 Å². The molecule has 108 valence electrons. The third-order valence-corrected chi connectivity index (χ3v) is 4.03. The van der Waals surface area contributed by atoms with E-state index < -0.39 is 6.04 Å². The summed E-state index contributed by atoms with van der Waals surface area (Å²) in [5, 5.41) is 4.39. The van der Waals surface area contributed by atoms with E-state index in [0.717, 1.165) is 30.5 Å². The van der Waals surface area contributed by atoms with E-state index in [9.17, 15) is 9.59 Å². The molecule has 0 aromatic carbocycles. The maximum atomic E-state index is 12.4. The van der Waals surface area contributed by atoms with Crippen LogP contribution in [0.2, 0.25) is 0 Å². The Bertz CT molecular complexity index is 576. The second-order valence-electron chi connectivity index (χ2n) is 5.37. The minimum Gasteiger partial charge on any atom is -0.378 e. The van der Waals surface area contributed by atoms with Crippen molar-refractivity contribution in [2.45, 2.75) is 32.2 Å². The van der Waals surface area contributed by atoms with Crippen molar-refractivity contribution in [2.24, 2.45) is 0 Å². The first-order valence-corrected chi connectivity index (χ1v) is 7.15. The van der Waals surface area contributed by atoms with Gasteiger partial charge in [0.25, 0.3) is 5.56 Å². The van der Waals surface area contributed by atoms with Gasteiger partial charge in [-0.3, -0.25) is 9.59 Å². The van der Waals surface area contributed by atoms with Crippen molar-refractivity contribution in [3.05, 3.63) is 27.7 Å². The number of amides is 1. The first-order valence-electron chi connectivity index (χ1n) is 7.15. The van der Waals surface area contributed by atoms with Gasteiger partial charge in [-0.05, 0) is 31.7 Å². The van der Waals surface area contributed by atoms with Gasteiger partial charge >= 0.3 is 0 Å². The first kappa shape index (κ1) is 13.3. The predicted octanol–water partition coefficient (Wildman–Crippen LogP) is 0.152. The molecule has 0 N–H and O–H groups in total. The molecular weight excluding hydrogens is 258 g/mol.